The minimum Gasteiger partial charge on any atom is -0.316 e. The molecule has 1 aromatic heterocycles. The molecule has 1 heterocycles. The molecule has 0 aliphatic heterocycles. The largest absolute Gasteiger partial charge is 0.316 e. The summed E-state index contributed by atoms with van der Waals surface area (Å²) >= 11 is 0. The molecule has 0 aromatic carbocycles. The molecule has 0 unspecified atom stereocenters. The molecular weight excluding hydrogens is 200 g/mol. The molecule has 0 bridgehead atoms. The molecule has 16 heavy (non-hydrogen) atoms. The van der Waals surface area contributed by atoms with Crippen molar-refractivity contribution in [1.82, 2.24) is 20.1 Å². The fourth-order valence-corrected chi connectivity index (χ4v) is 1.76. The van der Waals surface area contributed by atoms with Crippen molar-refractivity contribution in [3.8, 4) is 0 Å². The van der Waals surface area contributed by atoms with Gasteiger partial charge in [-0.05, 0) is 18.3 Å². The van der Waals surface area contributed by atoms with E-state index < -0.39 is 0 Å². The second kappa shape index (κ2) is 4.53. The van der Waals surface area contributed by atoms with Crippen molar-refractivity contribution in [1.29, 1.82) is 0 Å². The summed E-state index contributed by atoms with van der Waals surface area (Å²) in [5.74, 6) is 1.86. The first-order valence-corrected chi connectivity index (χ1v) is 6.15. The van der Waals surface area contributed by atoms with Crippen LogP contribution in [0.15, 0.2) is 6.33 Å². The Morgan fingerprint density at radius 2 is 2.19 bits per heavy atom. The fraction of sp³-hybridized carbons (Fsp3) is 0.833. The van der Waals surface area contributed by atoms with Gasteiger partial charge in [-0.25, -0.2) is 0 Å². The Hall–Kier alpha value is -0.900. The Morgan fingerprint density at radius 3 is 2.81 bits per heavy atom. The maximum absolute atomic E-state index is 4.19. The van der Waals surface area contributed by atoms with Crippen molar-refractivity contribution in [2.45, 2.75) is 46.1 Å². The van der Waals surface area contributed by atoms with E-state index in [0.29, 0.717) is 11.3 Å². The average molecular weight is 222 g/mol. The van der Waals surface area contributed by atoms with E-state index in [9.17, 15) is 0 Å². The summed E-state index contributed by atoms with van der Waals surface area (Å²) in [4.78, 5) is 0. The van der Waals surface area contributed by atoms with Gasteiger partial charge in [0.1, 0.15) is 12.2 Å². The Balaban J connectivity index is 1.74. The summed E-state index contributed by atoms with van der Waals surface area (Å²) < 4.78 is 2.19. The molecular formula is C12H22N4. The maximum atomic E-state index is 4.19. The van der Waals surface area contributed by atoms with Crippen LogP contribution in [-0.2, 0) is 6.54 Å². The third kappa shape index (κ3) is 3.30. The molecule has 2 rings (SSSR count). The number of aromatic nitrogens is 3. The number of rotatable bonds is 5. The molecule has 90 valence electrons. The van der Waals surface area contributed by atoms with E-state index in [1.807, 2.05) is 6.33 Å². The lowest BCUT2D eigenvalue weighted by Crippen LogP contribution is -2.29. The average Bonchev–Trinajstić information content (AvgIpc) is 2.92. The minimum atomic E-state index is 0.354. The predicted octanol–water partition coefficient (Wildman–Crippen LogP) is 1.79. The highest BCUT2D eigenvalue weighted by Gasteiger charge is 2.28. The first-order valence-electron chi connectivity index (χ1n) is 6.15. The Morgan fingerprint density at radius 1 is 1.44 bits per heavy atom. The van der Waals surface area contributed by atoms with E-state index in [2.05, 4.69) is 40.9 Å². The first kappa shape index (κ1) is 11.6. The highest BCUT2D eigenvalue weighted by molar-refractivity contribution is 5.04. The Bertz CT molecular complexity index is 333. The van der Waals surface area contributed by atoms with Crippen LogP contribution in [0.1, 0.15) is 45.4 Å². The lowest BCUT2D eigenvalue weighted by atomic mass is 9.97. The van der Waals surface area contributed by atoms with Crippen molar-refractivity contribution in [2.24, 2.45) is 5.41 Å². The SMILES string of the molecule is CC(C)(C)CNCCn1cnnc1C1CC1. The second-order valence-electron chi connectivity index (χ2n) is 5.89. The van der Waals surface area contributed by atoms with E-state index in [4.69, 9.17) is 0 Å². The summed E-state index contributed by atoms with van der Waals surface area (Å²) in [6.07, 6.45) is 4.43. The van der Waals surface area contributed by atoms with Gasteiger partial charge in [0.05, 0.1) is 0 Å². The van der Waals surface area contributed by atoms with Crippen LogP contribution in [0, 0.1) is 5.41 Å². The second-order valence-corrected chi connectivity index (χ2v) is 5.89. The van der Waals surface area contributed by atoms with Crippen molar-refractivity contribution >= 4 is 0 Å². The Labute approximate surface area is 97.5 Å². The summed E-state index contributed by atoms with van der Waals surface area (Å²) in [5.41, 5.74) is 0.354. The van der Waals surface area contributed by atoms with Crippen LogP contribution in [0.3, 0.4) is 0 Å². The van der Waals surface area contributed by atoms with Gasteiger partial charge in [0.15, 0.2) is 0 Å². The lowest BCUT2D eigenvalue weighted by molar-refractivity contribution is 0.375. The number of nitrogens with one attached hydrogen (secondary N) is 1. The van der Waals surface area contributed by atoms with Crippen molar-refractivity contribution in [3.63, 3.8) is 0 Å². The van der Waals surface area contributed by atoms with Crippen LogP contribution in [0.2, 0.25) is 0 Å². The molecule has 0 radical (unpaired) electrons. The van der Waals surface area contributed by atoms with E-state index in [0.717, 1.165) is 19.6 Å². The highest BCUT2D eigenvalue weighted by atomic mass is 15.3. The maximum Gasteiger partial charge on any atom is 0.135 e. The molecule has 0 amide bonds. The molecule has 1 aliphatic carbocycles. The van der Waals surface area contributed by atoms with Gasteiger partial charge in [0.25, 0.3) is 0 Å². The van der Waals surface area contributed by atoms with Crippen LogP contribution in [0.5, 0.6) is 0 Å². The van der Waals surface area contributed by atoms with E-state index in [-0.39, 0.29) is 0 Å². The molecule has 1 fully saturated rings. The number of nitrogens with zero attached hydrogens (tertiary/aromatic N) is 3. The molecule has 4 heteroatoms. The summed E-state index contributed by atoms with van der Waals surface area (Å²) in [5, 5.41) is 11.7. The lowest BCUT2D eigenvalue weighted by Gasteiger charge is -2.18. The zero-order chi connectivity index (χ0) is 11.6. The van der Waals surface area contributed by atoms with E-state index >= 15 is 0 Å². The molecule has 0 spiro atoms. The molecule has 0 saturated heterocycles. The topological polar surface area (TPSA) is 42.7 Å². The van der Waals surface area contributed by atoms with Gasteiger partial charge < -0.3 is 9.88 Å². The summed E-state index contributed by atoms with van der Waals surface area (Å²) in [7, 11) is 0. The molecule has 4 nitrogen and oxygen atoms in total. The zero-order valence-electron chi connectivity index (χ0n) is 10.5. The number of hydrogen-bond donors (Lipinski definition) is 1. The molecule has 1 aliphatic rings. The van der Waals surface area contributed by atoms with Crippen LogP contribution >= 0.6 is 0 Å². The summed E-state index contributed by atoms with van der Waals surface area (Å²) in [6, 6.07) is 0. The monoisotopic (exact) mass is 222 g/mol. The zero-order valence-corrected chi connectivity index (χ0v) is 10.5. The number of hydrogen-bond acceptors (Lipinski definition) is 3. The van der Waals surface area contributed by atoms with Gasteiger partial charge in [-0.1, -0.05) is 20.8 Å². The van der Waals surface area contributed by atoms with E-state index in [1.165, 1.54) is 18.7 Å². The van der Waals surface area contributed by atoms with Crippen molar-refractivity contribution in [2.75, 3.05) is 13.1 Å². The quantitative estimate of drug-likeness (QED) is 0.772. The predicted molar refractivity (Wildman–Crippen MR) is 64.3 cm³/mol. The van der Waals surface area contributed by atoms with Crippen molar-refractivity contribution in [3.05, 3.63) is 12.2 Å². The molecule has 0 atom stereocenters. The van der Waals surface area contributed by atoms with Gasteiger partial charge in [-0.2, -0.15) is 0 Å². The highest BCUT2D eigenvalue weighted by Crippen LogP contribution is 2.38. The normalized spacial score (nSPS) is 16.7. The van der Waals surface area contributed by atoms with Crippen LogP contribution < -0.4 is 5.32 Å². The van der Waals surface area contributed by atoms with Gasteiger partial charge in [0.2, 0.25) is 0 Å². The Kier molecular flexibility index (Phi) is 3.28. The van der Waals surface area contributed by atoms with Gasteiger partial charge in [-0.3, -0.25) is 0 Å². The van der Waals surface area contributed by atoms with Crippen molar-refractivity contribution < 1.29 is 0 Å². The fourth-order valence-electron chi connectivity index (χ4n) is 1.76. The minimum absolute atomic E-state index is 0.354. The van der Waals surface area contributed by atoms with Gasteiger partial charge in [0, 0.05) is 25.6 Å². The third-order valence-electron chi connectivity index (χ3n) is 2.77. The van der Waals surface area contributed by atoms with Crippen LogP contribution in [0.25, 0.3) is 0 Å². The van der Waals surface area contributed by atoms with Gasteiger partial charge in [-0.15, -0.1) is 10.2 Å². The molecule has 1 saturated carbocycles. The first-order chi connectivity index (χ1) is 7.56. The third-order valence-corrected chi connectivity index (χ3v) is 2.77. The van der Waals surface area contributed by atoms with Gasteiger partial charge >= 0.3 is 0 Å². The molecule has 1 N–H and O–H groups in total. The van der Waals surface area contributed by atoms with E-state index in [1.54, 1.807) is 0 Å². The smallest absolute Gasteiger partial charge is 0.135 e. The van der Waals surface area contributed by atoms with Crippen LogP contribution in [0.4, 0.5) is 0 Å². The molecule has 1 aromatic rings. The van der Waals surface area contributed by atoms with Crippen LogP contribution in [-0.4, -0.2) is 27.9 Å². The standard InChI is InChI=1S/C12H22N4/c1-12(2,3)8-13-6-7-16-9-14-15-11(16)10-4-5-10/h9-10,13H,4-8H2,1-3H3. The summed E-state index contributed by atoms with van der Waals surface area (Å²) in [6.45, 7) is 9.76.